The van der Waals surface area contributed by atoms with Crippen LogP contribution in [-0.4, -0.2) is 27.0 Å². The number of anilines is 1. The van der Waals surface area contributed by atoms with Gasteiger partial charge in [-0.15, -0.1) is 0 Å². The van der Waals surface area contributed by atoms with Gasteiger partial charge in [0.1, 0.15) is 11.6 Å². The number of H-pyrrole nitrogens is 1. The predicted molar refractivity (Wildman–Crippen MR) is 117 cm³/mol. The molecule has 3 atom stereocenters. The molecule has 4 rings (SSSR count). The molecule has 10 heteroatoms. The topological polar surface area (TPSA) is 85.4 Å². The van der Waals surface area contributed by atoms with Gasteiger partial charge in [-0.2, -0.15) is 13.2 Å². The van der Waals surface area contributed by atoms with Crippen LogP contribution in [0.3, 0.4) is 0 Å². The van der Waals surface area contributed by atoms with Crippen molar-refractivity contribution in [1.82, 2.24) is 4.98 Å². The van der Waals surface area contributed by atoms with Crippen LogP contribution in [0.4, 0.5) is 23.2 Å². The lowest BCUT2D eigenvalue weighted by Crippen LogP contribution is -2.55. The van der Waals surface area contributed by atoms with Crippen LogP contribution in [0.5, 0.6) is 5.75 Å². The molecule has 0 bridgehead atoms. The molecular formula is C23H21ClF4N2O3. The molecule has 0 spiro atoms. The van der Waals surface area contributed by atoms with Gasteiger partial charge in [0.25, 0.3) is 0 Å². The van der Waals surface area contributed by atoms with Gasteiger partial charge in [0.15, 0.2) is 5.60 Å². The van der Waals surface area contributed by atoms with Crippen molar-refractivity contribution >= 4 is 28.2 Å². The molecule has 1 aliphatic rings. The molecule has 3 aromatic rings. The first-order chi connectivity index (χ1) is 15.4. The molecule has 0 saturated carbocycles. The summed E-state index contributed by atoms with van der Waals surface area (Å²) in [6.45, 7) is 3.23. The second-order valence-corrected chi connectivity index (χ2v) is 8.76. The van der Waals surface area contributed by atoms with E-state index in [0.717, 1.165) is 12.1 Å². The third kappa shape index (κ3) is 3.63. The molecule has 1 aromatic heterocycles. The molecule has 0 fully saturated rings. The van der Waals surface area contributed by atoms with E-state index >= 15 is 0 Å². The second-order valence-electron chi connectivity index (χ2n) is 8.35. The number of nitrogens with one attached hydrogen (secondary N) is 2. The number of rotatable bonds is 3. The first-order valence-electron chi connectivity index (χ1n) is 10.3. The average Bonchev–Trinajstić information content (AvgIpc) is 2.74. The van der Waals surface area contributed by atoms with Gasteiger partial charge in [0, 0.05) is 33.3 Å². The summed E-state index contributed by atoms with van der Waals surface area (Å²) in [5.41, 5.74) is -3.30. The van der Waals surface area contributed by atoms with E-state index in [2.05, 4.69) is 10.3 Å². The summed E-state index contributed by atoms with van der Waals surface area (Å²) in [5, 5.41) is 24.7. The molecule has 0 radical (unpaired) electrons. The molecule has 0 amide bonds. The van der Waals surface area contributed by atoms with Crippen LogP contribution >= 0.6 is 11.6 Å². The molecule has 4 N–H and O–H groups in total. The van der Waals surface area contributed by atoms with Crippen molar-refractivity contribution in [3.8, 4) is 5.75 Å². The highest BCUT2D eigenvalue weighted by Gasteiger charge is 2.62. The van der Waals surface area contributed by atoms with Gasteiger partial charge < -0.3 is 20.5 Å². The third-order valence-electron chi connectivity index (χ3n) is 6.44. The Labute approximate surface area is 191 Å². The standard InChI is InChI=1S/C23H21ClF4N2O3/c1-3-11-9-22(33,23(26,27)28)21(13-8-14(24)10(2)20(32)18(11)13)29-16-6-5-15(25)19-12(16)4-7-17(31)30-19/h4-8,11,21,29,32-33H,3,9H2,1-2H3,(H,30,31)/t11-,21+,22+/m1/s1. The van der Waals surface area contributed by atoms with Crippen molar-refractivity contribution in [2.75, 3.05) is 5.32 Å². The Kier molecular flexibility index (Phi) is 5.61. The van der Waals surface area contributed by atoms with Crippen molar-refractivity contribution in [3.05, 3.63) is 68.2 Å². The molecule has 2 aromatic carbocycles. The van der Waals surface area contributed by atoms with Crippen molar-refractivity contribution in [1.29, 1.82) is 0 Å². The summed E-state index contributed by atoms with van der Waals surface area (Å²) >= 11 is 6.21. The zero-order valence-electron chi connectivity index (χ0n) is 17.6. The number of phenolic OH excluding ortho intramolecular Hbond substituents is 1. The zero-order chi connectivity index (χ0) is 24.3. The zero-order valence-corrected chi connectivity index (χ0v) is 18.4. The minimum absolute atomic E-state index is 0.00271. The maximum Gasteiger partial charge on any atom is 0.419 e. The number of aromatic hydroxyl groups is 1. The van der Waals surface area contributed by atoms with Gasteiger partial charge in [0.2, 0.25) is 5.56 Å². The fourth-order valence-corrected chi connectivity index (χ4v) is 4.83. The van der Waals surface area contributed by atoms with Gasteiger partial charge in [0.05, 0.1) is 11.6 Å². The average molecular weight is 485 g/mol. The summed E-state index contributed by atoms with van der Waals surface area (Å²) in [7, 11) is 0. The van der Waals surface area contributed by atoms with E-state index in [4.69, 9.17) is 11.6 Å². The van der Waals surface area contributed by atoms with Crippen molar-refractivity contribution in [2.45, 2.75) is 50.4 Å². The quantitative estimate of drug-likeness (QED) is 0.360. The summed E-state index contributed by atoms with van der Waals surface area (Å²) in [6.07, 6.45) is -5.48. The number of aromatic nitrogens is 1. The molecule has 33 heavy (non-hydrogen) atoms. The van der Waals surface area contributed by atoms with Gasteiger partial charge in [-0.1, -0.05) is 18.5 Å². The Balaban J connectivity index is 1.98. The van der Waals surface area contributed by atoms with E-state index < -0.39 is 41.5 Å². The number of aliphatic hydroxyl groups is 1. The van der Waals surface area contributed by atoms with Crippen molar-refractivity contribution in [3.63, 3.8) is 0 Å². The molecule has 5 nitrogen and oxygen atoms in total. The van der Waals surface area contributed by atoms with Crippen LogP contribution in [0.1, 0.15) is 48.4 Å². The van der Waals surface area contributed by atoms with E-state index in [0.29, 0.717) is 5.56 Å². The third-order valence-corrected chi connectivity index (χ3v) is 6.84. The van der Waals surface area contributed by atoms with Gasteiger partial charge in [-0.25, -0.2) is 4.39 Å². The Morgan fingerprint density at radius 3 is 2.61 bits per heavy atom. The minimum atomic E-state index is -5.03. The molecular weight excluding hydrogens is 464 g/mol. The Morgan fingerprint density at radius 2 is 1.97 bits per heavy atom. The van der Waals surface area contributed by atoms with E-state index in [1.165, 1.54) is 18.2 Å². The monoisotopic (exact) mass is 484 g/mol. The predicted octanol–water partition coefficient (Wildman–Crippen LogP) is 5.68. The fourth-order valence-electron chi connectivity index (χ4n) is 4.62. The van der Waals surface area contributed by atoms with E-state index in [1.807, 2.05) is 0 Å². The maximum absolute atomic E-state index is 14.3. The number of halogens is 5. The van der Waals surface area contributed by atoms with Crippen LogP contribution < -0.4 is 10.9 Å². The first kappa shape index (κ1) is 23.4. The summed E-state index contributed by atoms with van der Waals surface area (Å²) in [5.74, 6) is -1.75. The summed E-state index contributed by atoms with van der Waals surface area (Å²) in [6, 6.07) is 4.19. The maximum atomic E-state index is 14.3. The number of hydrogen-bond donors (Lipinski definition) is 4. The SMILES string of the molecule is CC[C@@H]1C[C@@](O)(C(F)(F)F)[C@@H](Nc2ccc(F)c3[nH]c(=O)ccc23)c2cc(Cl)c(C)c(O)c21. The lowest BCUT2D eigenvalue weighted by atomic mass is 9.68. The van der Waals surface area contributed by atoms with Crippen LogP contribution in [0.15, 0.2) is 35.1 Å². The highest BCUT2D eigenvalue weighted by molar-refractivity contribution is 6.31. The van der Waals surface area contributed by atoms with Crippen LogP contribution in [-0.2, 0) is 0 Å². The molecule has 0 saturated heterocycles. The van der Waals surface area contributed by atoms with Gasteiger partial charge in [-0.3, -0.25) is 4.79 Å². The number of pyridine rings is 1. The first-order valence-corrected chi connectivity index (χ1v) is 10.7. The second kappa shape index (κ2) is 7.92. The molecule has 1 heterocycles. The minimum Gasteiger partial charge on any atom is -0.507 e. The van der Waals surface area contributed by atoms with Crippen LogP contribution in [0.25, 0.3) is 10.9 Å². The fraction of sp³-hybridized carbons (Fsp3) is 0.348. The number of benzene rings is 2. The molecule has 176 valence electrons. The van der Waals surface area contributed by atoms with Crippen molar-refractivity contribution in [2.24, 2.45) is 0 Å². The van der Waals surface area contributed by atoms with Gasteiger partial charge in [-0.05, 0) is 55.5 Å². The Morgan fingerprint density at radius 1 is 1.27 bits per heavy atom. The number of alkyl halides is 3. The normalized spacial score (nSPS) is 22.9. The van der Waals surface area contributed by atoms with Crippen LogP contribution in [0, 0.1) is 12.7 Å². The number of phenols is 1. The van der Waals surface area contributed by atoms with E-state index in [-0.39, 0.29) is 44.9 Å². The van der Waals surface area contributed by atoms with Gasteiger partial charge >= 0.3 is 6.18 Å². The number of aromatic amines is 1. The smallest absolute Gasteiger partial charge is 0.419 e. The van der Waals surface area contributed by atoms with E-state index in [1.54, 1.807) is 13.8 Å². The van der Waals surface area contributed by atoms with Crippen LogP contribution in [0.2, 0.25) is 5.02 Å². The lowest BCUT2D eigenvalue weighted by molar-refractivity contribution is -0.272. The summed E-state index contributed by atoms with van der Waals surface area (Å²) < 4.78 is 57.2. The van der Waals surface area contributed by atoms with E-state index in [9.17, 15) is 32.6 Å². The highest BCUT2D eigenvalue weighted by Crippen LogP contribution is 2.56. The molecule has 0 aliphatic heterocycles. The number of hydrogen-bond acceptors (Lipinski definition) is 4. The van der Waals surface area contributed by atoms with Crippen molar-refractivity contribution < 1.29 is 27.8 Å². The number of fused-ring (bicyclic) bond motifs is 2. The molecule has 1 aliphatic carbocycles. The highest BCUT2D eigenvalue weighted by atomic mass is 35.5. The largest absolute Gasteiger partial charge is 0.507 e. The lowest BCUT2D eigenvalue weighted by Gasteiger charge is -2.46. The molecule has 0 unspecified atom stereocenters. The Bertz CT molecular complexity index is 1310. The Hall–Kier alpha value is -2.78. The summed E-state index contributed by atoms with van der Waals surface area (Å²) in [4.78, 5) is 14.0.